The third-order valence-corrected chi connectivity index (χ3v) is 7.74. The predicted molar refractivity (Wildman–Crippen MR) is 157 cm³/mol. The average molecular weight is 584 g/mol. The van der Waals surface area contributed by atoms with Crippen molar-refractivity contribution in [3.8, 4) is 0 Å². The lowest BCUT2D eigenvalue weighted by atomic mass is 10.2. The molecule has 1 aromatic carbocycles. The third-order valence-electron chi connectivity index (χ3n) is 7.51. The van der Waals surface area contributed by atoms with E-state index in [1.165, 1.54) is 16.8 Å². The Kier molecular flexibility index (Phi) is 8.69. The van der Waals surface area contributed by atoms with Gasteiger partial charge in [0.1, 0.15) is 17.5 Å². The maximum Gasteiger partial charge on any atom is 0.256 e. The van der Waals surface area contributed by atoms with Crippen LogP contribution in [0.5, 0.6) is 0 Å². The van der Waals surface area contributed by atoms with Gasteiger partial charge in [0, 0.05) is 74.6 Å². The van der Waals surface area contributed by atoms with Crippen LogP contribution < -0.4 is 15.5 Å². The molecule has 41 heavy (non-hydrogen) atoms. The Bertz CT molecular complexity index is 1420. The summed E-state index contributed by atoms with van der Waals surface area (Å²) in [5.74, 6) is 1.15. The molecule has 5 rings (SSSR count). The fourth-order valence-corrected chi connectivity index (χ4v) is 5.32. The number of carbonyl (C=O) groups excluding carboxylic acids is 2. The maximum absolute atomic E-state index is 14.4. The number of amides is 1. The van der Waals surface area contributed by atoms with E-state index in [0.29, 0.717) is 43.5 Å². The number of anilines is 4. The van der Waals surface area contributed by atoms with Gasteiger partial charge in [-0.15, -0.1) is 5.10 Å². The van der Waals surface area contributed by atoms with Crippen LogP contribution in [0.2, 0.25) is 5.02 Å². The van der Waals surface area contributed by atoms with Crippen molar-refractivity contribution in [3.63, 3.8) is 0 Å². The molecule has 2 aliphatic heterocycles. The van der Waals surface area contributed by atoms with Crippen LogP contribution in [-0.4, -0.2) is 93.2 Å². The second-order valence-electron chi connectivity index (χ2n) is 10.3. The molecule has 4 heterocycles. The van der Waals surface area contributed by atoms with Crippen LogP contribution in [0.3, 0.4) is 0 Å². The molecule has 1 atom stereocenters. The van der Waals surface area contributed by atoms with Gasteiger partial charge < -0.3 is 25.3 Å². The molecule has 11 nitrogen and oxygen atoms in total. The first kappa shape index (κ1) is 28.7. The van der Waals surface area contributed by atoms with Gasteiger partial charge in [0.25, 0.3) is 5.91 Å². The second-order valence-corrected chi connectivity index (χ2v) is 10.8. The van der Waals surface area contributed by atoms with Gasteiger partial charge in [-0.2, -0.15) is 9.97 Å². The van der Waals surface area contributed by atoms with E-state index in [1.54, 1.807) is 17.9 Å². The fourth-order valence-electron chi connectivity index (χ4n) is 5.17. The Balaban J connectivity index is 1.34. The predicted octanol–water partition coefficient (Wildman–Crippen LogP) is 4.04. The molecule has 2 N–H and O–H groups in total. The molecular weight excluding hydrogens is 549 g/mol. The highest BCUT2D eigenvalue weighted by Crippen LogP contribution is 2.25. The fraction of sp³-hybridized carbons (Fsp3) is 0.464. The topological polar surface area (TPSA) is 112 Å². The minimum absolute atomic E-state index is 0.00212. The van der Waals surface area contributed by atoms with Crippen molar-refractivity contribution in [1.29, 1.82) is 0 Å². The van der Waals surface area contributed by atoms with Crippen LogP contribution in [0.1, 0.15) is 47.5 Å². The molecule has 0 unspecified atom stereocenters. The molecule has 2 fully saturated rings. The monoisotopic (exact) mass is 583 g/mol. The number of aromatic nitrogens is 4. The number of aryl methyl sites for hydroxylation is 1. The number of halogens is 2. The number of likely N-dealkylation sites (tertiary alicyclic amines) is 1. The van der Waals surface area contributed by atoms with E-state index in [9.17, 15) is 14.0 Å². The summed E-state index contributed by atoms with van der Waals surface area (Å²) in [7, 11) is 0. The van der Waals surface area contributed by atoms with Crippen LogP contribution in [0.15, 0.2) is 30.3 Å². The summed E-state index contributed by atoms with van der Waals surface area (Å²) in [6.45, 7) is 11.2. The Morgan fingerprint density at radius 2 is 1.83 bits per heavy atom. The van der Waals surface area contributed by atoms with Gasteiger partial charge in [-0.25, -0.2) is 9.07 Å². The minimum Gasteiger partial charge on any atom is -0.354 e. The molecule has 0 spiro atoms. The smallest absolute Gasteiger partial charge is 0.256 e. The SMILES string of the molecule is CCC(=O)n1nc(Nc2cc(N3CCN(CC)CC3)nc(N[C@H]3CCN(C(=O)c4ccc(Cl)cc4F)C3)n2)cc1C. The molecule has 2 saturated heterocycles. The second kappa shape index (κ2) is 12.4. The van der Waals surface area contributed by atoms with E-state index in [2.05, 4.69) is 32.5 Å². The van der Waals surface area contributed by atoms with Crippen LogP contribution in [0.4, 0.5) is 27.8 Å². The van der Waals surface area contributed by atoms with E-state index in [1.807, 2.05) is 13.0 Å². The van der Waals surface area contributed by atoms with Crippen LogP contribution in [0.25, 0.3) is 0 Å². The quantitative estimate of drug-likeness (QED) is 0.406. The molecule has 0 bridgehead atoms. The number of carbonyl (C=O) groups is 2. The molecule has 1 amide bonds. The summed E-state index contributed by atoms with van der Waals surface area (Å²) >= 11 is 5.85. The normalized spacial score (nSPS) is 17.6. The van der Waals surface area contributed by atoms with Crippen molar-refractivity contribution < 1.29 is 14.0 Å². The van der Waals surface area contributed by atoms with Gasteiger partial charge in [0.15, 0.2) is 5.82 Å². The lowest BCUT2D eigenvalue weighted by molar-refractivity contribution is 0.0786. The Morgan fingerprint density at radius 3 is 2.54 bits per heavy atom. The summed E-state index contributed by atoms with van der Waals surface area (Å²) in [4.78, 5) is 41.0. The highest BCUT2D eigenvalue weighted by atomic mass is 35.5. The van der Waals surface area contributed by atoms with E-state index >= 15 is 0 Å². The average Bonchev–Trinajstić information content (AvgIpc) is 3.58. The molecule has 0 saturated carbocycles. The van der Waals surface area contributed by atoms with Gasteiger partial charge in [-0.05, 0) is 38.1 Å². The van der Waals surface area contributed by atoms with Gasteiger partial charge >= 0.3 is 0 Å². The number of rotatable bonds is 8. The summed E-state index contributed by atoms with van der Waals surface area (Å²) < 4.78 is 15.8. The number of hydrogen-bond donors (Lipinski definition) is 2. The van der Waals surface area contributed by atoms with E-state index in [4.69, 9.17) is 21.6 Å². The van der Waals surface area contributed by atoms with Gasteiger partial charge in [0.2, 0.25) is 11.9 Å². The van der Waals surface area contributed by atoms with E-state index in [0.717, 1.165) is 50.3 Å². The van der Waals surface area contributed by atoms with Crippen LogP contribution >= 0.6 is 11.6 Å². The molecule has 0 radical (unpaired) electrons. The zero-order chi connectivity index (χ0) is 29.1. The van der Waals surface area contributed by atoms with Gasteiger partial charge in [-0.3, -0.25) is 9.59 Å². The number of nitrogens with one attached hydrogen (secondary N) is 2. The first-order valence-electron chi connectivity index (χ1n) is 14.0. The van der Waals surface area contributed by atoms with Crippen molar-refractivity contribution in [1.82, 2.24) is 29.5 Å². The number of nitrogens with zero attached hydrogens (tertiary/aromatic N) is 7. The molecule has 3 aromatic rings. The number of likely N-dealkylation sites (N-methyl/N-ethyl adjacent to an activating group) is 1. The summed E-state index contributed by atoms with van der Waals surface area (Å²) in [6.07, 6.45) is 1.01. The zero-order valence-corrected chi connectivity index (χ0v) is 24.3. The minimum atomic E-state index is -0.632. The van der Waals surface area contributed by atoms with Crippen molar-refractivity contribution in [3.05, 3.63) is 52.4 Å². The van der Waals surface area contributed by atoms with Crippen molar-refractivity contribution >= 4 is 46.8 Å². The van der Waals surface area contributed by atoms with Crippen LogP contribution in [0, 0.1) is 12.7 Å². The number of hydrogen-bond acceptors (Lipinski definition) is 9. The molecular formula is C28H35ClFN9O2. The first-order chi connectivity index (χ1) is 19.7. The van der Waals surface area contributed by atoms with E-state index in [-0.39, 0.29) is 28.4 Å². The first-order valence-corrected chi connectivity index (χ1v) is 14.4. The van der Waals surface area contributed by atoms with E-state index < -0.39 is 5.82 Å². The molecule has 13 heteroatoms. The Hall–Kier alpha value is -3.77. The lowest BCUT2D eigenvalue weighted by Gasteiger charge is -2.35. The number of piperazine rings is 1. The standard InChI is InChI=1S/C28H35ClFN9O2/c1-4-26(40)39-18(3)14-24(35-39)32-23-16-25(37-12-10-36(5-2)11-13-37)34-28(33-23)31-20-8-9-38(17-20)27(41)21-7-6-19(29)15-22(21)30/h6-7,14-16,20H,4-5,8-13,17H2,1-3H3,(H2,31,32,33,34,35)/t20-/m0/s1. The molecule has 2 aliphatic rings. The maximum atomic E-state index is 14.4. The molecule has 2 aromatic heterocycles. The number of benzene rings is 1. The molecule has 0 aliphatic carbocycles. The highest BCUT2D eigenvalue weighted by molar-refractivity contribution is 6.30. The highest BCUT2D eigenvalue weighted by Gasteiger charge is 2.29. The summed E-state index contributed by atoms with van der Waals surface area (Å²) in [5.41, 5.74) is 0.734. The Morgan fingerprint density at radius 1 is 1.05 bits per heavy atom. The van der Waals surface area contributed by atoms with Crippen molar-refractivity contribution in [2.45, 2.75) is 39.7 Å². The van der Waals surface area contributed by atoms with Crippen molar-refractivity contribution in [2.24, 2.45) is 0 Å². The largest absolute Gasteiger partial charge is 0.354 e. The Labute approximate surface area is 243 Å². The third kappa shape index (κ3) is 6.59. The van der Waals surface area contributed by atoms with Crippen molar-refractivity contribution in [2.75, 3.05) is 61.3 Å². The summed E-state index contributed by atoms with van der Waals surface area (Å²) in [6, 6.07) is 7.66. The van der Waals surface area contributed by atoms with Crippen LogP contribution in [-0.2, 0) is 0 Å². The molecule has 218 valence electrons. The lowest BCUT2D eigenvalue weighted by Crippen LogP contribution is -2.46. The van der Waals surface area contributed by atoms with Gasteiger partial charge in [0.05, 0.1) is 5.56 Å². The van der Waals surface area contributed by atoms with Gasteiger partial charge in [-0.1, -0.05) is 25.4 Å². The zero-order valence-electron chi connectivity index (χ0n) is 23.5. The summed E-state index contributed by atoms with van der Waals surface area (Å²) in [5, 5.41) is 11.3.